The van der Waals surface area contributed by atoms with E-state index in [2.05, 4.69) is 32.7 Å². The van der Waals surface area contributed by atoms with Crippen LogP contribution in [0.1, 0.15) is 10.8 Å². The molecule has 1 unspecified atom stereocenters. The molecule has 0 radical (unpaired) electrons. The highest BCUT2D eigenvalue weighted by Crippen LogP contribution is 2.24. The van der Waals surface area contributed by atoms with Crippen LogP contribution in [0.15, 0.2) is 12.5 Å². The molecule has 6 heteroatoms. The first-order chi connectivity index (χ1) is 6.79. The van der Waals surface area contributed by atoms with Crippen LogP contribution in [-0.4, -0.2) is 30.1 Å². The number of aromatic nitrogens is 2. The molecule has 1 heterocycles. The minimum Gasteiger partial charge on any atom is -0.466 e. The van der Waals surface area contributed by atoms with Gasteiger partial charge in [0.1, 0.15) is 18.8 Å². The average molecular weight is 213 g/mol. The van der Waals surface area contributed by atoms with Crippen molar-refractivity contribution in [3.8, 4) is 0 Å². The fourth-order valence-electron chi connectivity index (χ4n) is 1.01. The summed E-state index contributed by atoms with van der Waals surface area (Å²) in [5.41, 5.74) is 0.806. The van der Waals surface area contributed by atoms with Crippen molar-refractivity contribution in [3.05, 3.63) is 18.1 Å². The van der Waals surface area contributed by atoms with Gasteiger partial charge in [-0.15, -0.1) is 0 Å². The number of nitrogens with one attached hydrogen (secondary N) is 1. The van der Waals surface area contributed by atoms with Crippen molar-refractivity contribution < 1.29 is 9.53 Å². The third kappa shape index (κ3) is 2.59. The first-order valence-electron chi connectivity index (χ1n) is 4.00. The Kier molecular flexibility index (Phi) is 4.18. The summed E-state index contributed by atoms with van der Waals surface area (Å²) in [6.07, 6.45) is 3.08. The zero-order valence-corrected chi connectivity index (χ0v) is 8.57. The van der Waals surface area contributed by atoms with Gasteiger partial charge in [0.05, 0.1) is 5.25 Å². The normalized spacial score (nSPS) is 11.9. The van der Waals surface area contributed by atoms with Gasteiger partial charge in [0, 0.05) is 18.8 Å². The van der Waals surface area contributed by atoms with Gasteiger partial charge in [0.25, 0.3) is 6.47 Å². The van der Waals surface area contributed by atoms with Gasteiger partial charge < -0.3 is 10.1 Å². The Balaban J connectivity index is 2.77. The first kappa shape index (κ1) is 10.8. The lowest BCUT2D eigenvalue weighted by atomic mass is 10.2. The molecule has 0 fully saturated rings. The summed E-state index contributed by atoms with van der Waals surface area (Å²) in [6.45, 7) is 0.598. The largest absolute Gasteiger partial charge is 0.466 e. The van der Waals surface area contributed by atoms with E-state index in [1.165, 1.54) is 6.33 Å². The summed E-state index contributed by atoms with van der Waals surface area (Å²) in [5, 5.41) is 2.69. The molecule has 1 aromatic rings. The second-order valence-electron chi connectivity index (χ2n) is 2.52. The monoisotopic (exact) mass is 213 g/mol. The standard InChI is InChI=1S/C8H11N3O2S/c1-9-8-6(2-10-4-11-8)7(14)3-13-5-12/h2,4-5,7,14H,3H2,1H3,(H,9,10,11). The molecule has 76 valence electrons. The van der Waals surface area contributed by atoms with Gasteiger partial charge in [-0.1, -0.05) is 0 Å². The summed E-state index contributed by atoms with van der Waals surface area (Å²) in [5.74, 6) is 0.689. The van der Waals surface area contributed by atoms with Crippen molar-refractivity contribution in [2.24, 2.45) is 0 Å². The topological polar surface area (TPSA) is 64.1 Å². The number of nitrogens with zero attached hydrogens (tertiary/aromatic N) is 2. The van der Waals surface area contributed by atoms with E-state index in [-0.39, 0.29) is 11.9 Å². The van der Waals surface area contributed by atoms with Crippen LogP contribution in [0, 0.1) is 0 Å². The lowest BCUT2D eigenvalue weighted by molar-refractivity contribution is -0.128. The van der Waals surface area contributed by atoms with E-state index in [0.717, 1.165) is 5.56 Å². The van der Waals surface area contributed by atoms with E-state index in [9.17, 15) is 4.79 Å². The summed E-state index contributed by atoms with van der Waals surface area (Å²) < 4.78 is 4.61. The number of carbonyl (C=O) groups is 1. The summed E-state index contributed by atoms with van der Waals surface area (Å²) in [4.78, 5) is 17.9. The van der Waals surface area contributed by atoms with Crippen LogP contribution in [0.25, 0.3) is 0 Å². The van der Waals surface area contributed by atoms with Gasteiger partial charge in [-0.2, -0.15) is 12.6 Å². The number of anilines is 1. The third-order valence-electron chi connectivity index (χ3n) is 1.66. The predicted octanol–water partition coefficient (Wildman–Crippen LogP) is 0.662. The molecule has 0 spiro atoms. The fraction of sp³-hybridized carbons (Fsp3) is 0.375. The van der Waals surface area contributed by atoms with Gasteiger partial charge >= 0.3 is 0 Å². The number of hydrogen-bond donors (Lipinski definition) is 2. The van der Waals surface area contributed by atoms with Crippen molar-refractivity contribution >= 4 is 24.9 Å². The molecule has 0 aliphatic rings. The van der Waals surface area contributed by atoms with Gasteiger partial charge in [-0.25, -0.2) is 9.97 Å². The number of carbonyl (C=O) groups excluding carboxylic acids is 1. The molecule has 0 aliphatic carbocycles. The van der Waals surface area contributed by atoms with Crippen molar-refractivity contribution in [1.82, 2.24) is 9.97 Å². The van der Waals surface area contributed by atoms with Crippen LogP contribution < -0.4 is 5.32 Å². The van der Waals surface area contributed by atoms with Crippen LogP contribution in [0.3, 0.4) is 0 Å². The maximum atomic E-state index is 9.99. The van der Waals surface area contributed by atoms with Gasteiger partial charge in [-0.05, 0) is 0 Å². The quantitative estimate of drug-likeness (QED) is 0.555. The molecule has 0 bridgehead atoms. The molecular formula is C8H11N3O2S. The Morgan fingerprint density at radius 1 is 1.79 bits per heavy atom. The fourth-order valence-corrected chi connectivity index (χ4v) is 1.29. The maximum absolute atomic E-state index is 9.99. The van der Waals surface area contributed by atoms with Crippen LogP contribution in [0.2, 0.25) is 0 Å². The third-order valence-corrected chi connectivity index (χ3v) is 2.09. The van der Waals surface area contributed by atoms with Crippen LogP contribution >= 0.6 is 12.6 Å². The Hall–Kier alpha value is -1.30. The Bertz CT molecular complexity index is 308. The second kappa shape index (κ2) is 5.43. The highest BCUT2D eigenvalue weighted by atomic mass is 32.1. The van der Waals surface area contributed by atoms with E-state index < -0.39 is 0 Å². The van der Waals surface area contributed by atoms with E-state index in [1.807, 2.05) is 0 Å². The highest BCUT2D eigenvalue weighted by molar-refractivity contribution is 7.80. The zero-order valence-electron chi connectivity index (χ0n) is 7.67. The van der Waals surface area contributed by atoms with Gasteiger partial charge in [-0.3, -0.25) is 4.79 Å². The van der Waals surface area contributed by atoms with E-state index >= 15 is 0 Å². The lowest BCUT2D eigenvalue weighted by Crippen LogP contribution is -2.06. The molecule has 1 rings (SSSR count). The van der Waals surface area contributed by atoms with Gasteiger partial charge in [0.2, 0.25) is 0 Å². The van der Waals surface area contributed by atoms with Crippen molar-refractivity contribution in [2.75, 3.05) is 19.0 Å². The minimum absolute atomic E-state index is 0.203. The molecule has 0 amide bonds. The SMILES string of the molecule is CNc1ncncc1C(S)COC=O. The van der Waals surface area contributed by atoms with Gasteiger partial charge in [0.15, 0.2) is 0 Å². The number of thiol groups is 1. The molecule has 14 heavy (non-hydrogen) atoms. The Morgan fingerprint density at radius 2 is 2.57 bits per heavy atom. The van der Waals surface area contributed by atoms with Crippen molar-refractivity contribution in [1.29, 1.82) is 0 Å². The summed E-state index contributed by atoms with van der Waals surface area (Å²) >= 11 is 4.27. The lowest BCUT2D eigenvalue weighted by Gasteiger charge is -2.12. The number of ether oxygens (including phenoxy) is 1. The molecule has 1 aromatic heterocycles. The Morgan fingerprint density at radius 3 is 3.21 bits per heavy atom. The van der Waals surface area contributed by atoms with Crippen LogP contribution in [0.4, 0.5) is 5.82 Å². The zero-order chi connectivity index (χ0) is 10.4. The van der Waals surface area contributed by atoms with E-state index in [4.69, 9.17) is 0 Å². The molecule has 1 atom stereocenters. The predicted molar refractivity (Wildman–Crippen MR) is 55.3 cm³/mol. The summed E-state index contributed by atoms with van der Waals surface area (Å²) in [6, 6.07) is 0. The molecule has 5 nitrogen and oxygen atoms in total. The van der Waals surface area contributed by atoms with E-state index in [0.29, 0.717) is 12.3 Å². The first-order valence-corrected chi connectivity index (χ1v) is 4.52. The Labute approximate surface area is 87.3 Å². The molecule has 0 saturated carbocycles. The van der Waals surface area contributed by atoms with E-state index in [1.54, 1.807) is 13.2 Å². The highest BCUT2D eigenvalue weighted by Gasteiger charge is 2.12. The number of rotatable bonds is 5. The average Bonchev–Trinajstić information content (AvgIpc) is 2.25. The smallest absolute Gasteiger partial charge is 0.293 e. The molecular weight excluding hydrogens is 202 g/mol. The molecule has 1 N–H and O–H groups in total. The number of hydrogen-bond acceptors (Lipinski definition) is 6. The summed E-state index contributed by atoms with van der Waals surface area (Å²) in [7, 11) is 1.76. The molecule has 0 aliphatic heterocycles. The van der Waals surface area contributed by atoms with Crippen molar-refractivity contribution in [2.45, 2.75) is 5.25 Å². The minimum atomic E-state index is -0.219. The van der Waals surface area contributed by atoms with Crippen molar-refractivity contribution in [3.63, 3.8) is 0 Å². The van der Waals surface area contributed by atoms with Crippen LogP contribution in [0.5, 0.6) is 0 Å². The second-order valence-corrected chi connectivity index (χ2v) is 3.15. The maximum Gasteiger partial charge on any atom is 0.293 e. The molecule has 0 aromatic carbocycles. The van der Waals surface area contributed by atoms with Crippen LogP contribution in [-0.2, 0) is 9.53 Å². The molecule has 0 saturated heterocycles.